The molecule has 1 aromatic carbocycles. The summed E-state index contributed by atoms with van der Waals surface area (Å²) in [4.78, 5) is 25.3. The minimum Gasteiger partial charge on any atom is -0.366 e. The van der Waals surface area contributed by atoms with Crippen molar-refractivity contribution in [2.75, 3.05) is 23.8 Å². The van der Waals surface area contributed by atoms with E-state index in [-0.39, 0.29) is 0 Å². The SMILES string of the molecule is CCN(C)c1nc(Nc2ccc(C(N)=O)cc2)nc2[nH]ccc12. The normalized spacial score (nSPS) is 10.7. The molecule has 0 radical (unpaired) electrons. The maximum absolute atomic E-state index is 11.1. The van der Waals surface area contributed by atoms with Crippen LogP contribution >= 0.6 is 0 Å². The molecule has 3 rings (SSSR count). The van der Waals surface area contributed by atoms with Crippen molar-refractivity contribution in [2.45, 2.75) is 6.92 Å². The first kappa shape index (κ1) is 14.8. The molecule has 0 aliphatic rings. The van der Waals surface area contributed by atoms with Gasteiger partial charge >= 0.3 is 0 Å². The first-order chi connectivity index (χ1) is 11.1. The maximum Gasteiger partial charge on any atom is 0.248 e. The van der Waals surface area contributed by atoms with Gasteiger partial charge in [0, 0.05) is 31.0 Å². The summed E-state index contributed by atoms with van der Waals surface area (Å²) in [6.07, 6.45) is 1.85. The van der Waals surface area contributed by atoms with E-state index in [4.69, 9.17) is 5.73 Å². The minimum absolute atomic E-state index is 0.451. The Balaban J connectivity index is 1.94. The van der Waals surface area contributed by atoms with Crippen LogP contribution in [0.1, 0.15) is 17.3 Å². The number of benzene rings is 1. The molecule has 118 valence electrons. The second kappa shape index (κ2) is 5.96. The highest BCUT2D eigenvalue weighted by Crippen LogP contribution is 2.25. The van der Waals surface area contributed by atoms with Gasteiger partial charge in [-0.15, -0.1) is 0 Å². The molecule has 3 aromatic rings. The smallest absolute Gasteiger partial charge is 0.248 e. The van der Waals surface area contributed by atoms with Crippen LogP contribution in [-0.4, -0.2) is 34.5 Å². The number of rotatable bonds is 5. The van der Waals surface area contributed by atoms with Crippen molar-refractivity contribution < 1.29 is 4.79 Å². The van der Waals surface area contributed by atoms with Crippen molar-refractivity contribution in [3.8, 4) is 0 Å². The third kappa shape index (κ3) is 2.94. The lowest BCUT2D eigenvalue weighted by atomic mass is 10.2. The predicted molar refractivity (Wildman–Crippen MR) is 91.1 cm³/mol. The van der Waals surface area contributed by atoms with Gasteiger partial charge in [0.1, 0.15) is 11.5 Å². The lowest BCUT2D eigenvalue weighted by molar-refractivity contribution is 0.100. The molecule has 1 amide bonds. The lowest BCUT2D eigenvalue weighted by Gasteiger charge is -2.17. The van der Waals surface area contributed by atoms with E-state index in [0.29, 0.717) is 11.5 Å². The third-order valence-corrected chi connectivity index (χ3v) is 3.66. The van der Waals surface area contributed by atoms with Gasteiger partial charge in [0.05, 0.1) is 5.39 Å². The number of aromatic nitrogens is 3. The number of fused-ring (bicyclic) bond motifs is 1. The van der Waals surface area contributed by atoms with Crippen molar-refractivity contribution >= 4 is 34.4 Å². The van der Waals surface area contributed by atoms with Crippen molar-refractivity contribution in [3.63, 3.8) is 0 Å². The third-order valence-electron chi connectivity index (χ3n) is 3.66. The van der Waals surface area contributed by atoms with E-state index in [1.165, 1.54) is 0 Å². The zero-order chi connectivity index (χ0) is 16.4. The van der Waals surface area contributed by atoms with Crippen molar-refractivity contribution in [1.82, 2.24) is 15.0 Å². The van der Waals surface area contributed by atoms with Gasteiger partial charge < -0.3 is 20.9 Å². The van der Waals surface area contributed by atoms with Crippen LogP contribution in [0.4, 0.5) is 17.5 Å². The number of nitrogens with two attached hydrogens (primary N) is 1. The molecule has 23 heavy (non-hydrogen) atoms. The molecule has 0 bridgehead atoms. The summed E-state index contributed by atoms with van der Waals surface area (Å²) < 4.78 is 0. The molecule has 7 nitrogen and oxygen atoms in total. The van der Waals surface area contributed by atoms with E-state index in [0.717, 1.165) is 29.1 Å². The number of primary amides is 1. The van der Waals surface area contributed by atoms with Gasteiger partial charge in [-0.05, 0) is 37.3 Å². The average Bonchev–Trinajstić information content (AvgIpc) is 3.02. The fourth-order valence-corrected chi connectivity index (χ4v) is 2.27. The van der Waals surface area contributed by atoms with Gasteiger partial charge in [0.15, 0.2) is 0 Å². The highest BCUT2D eigenvalue weighted by Gasteiger charge is 2.12. The van der Waals surface area contributed by atoms with E-state index in [1.807, 2.05) is 19.3 Å². The van der Waals surface area contributed by atoms with Crippen molar-refractivity contribution in [2.24, 2.45) is 5.73 Å². The first-order valence-electron chi connectivity index (χ1n) is 7.31. The molecule has 0 fully saturated rings. The van der Waals surface area contributed by atoms with E-state index in [9.17, 15) is 4.79 Å². The van der Waals surface area contributed by atoms with Crippen LogP contribution in [0, 0.1) is 0 Å². The summed E-state index contributed by atoms with van der Waals surface area (Å²) in [6.45, 7) is 2.90. The molecule has 0 spiro atoms. The number of hydrogen-bond acceptors (Lipinski definition) is 5. The zero-order valence-electron chi connectivity index (χ0n) is 13.0. The number of H-pyrrole nitrogens is 1. The summed E-state index contributed by atoms with van der Waals surface area (Å²) in [5, 5.41) is 4.13. The molecule has 7 heteroatoms. The molecule has 0 saturated heterocycles. The topological polar surface area (TPSA) is 99.9 Å². The van der Waals surface area contributed by atoms with Gasteiger partial charge in [-0.2, -0.15) is 9.97 Å². The second-order valence-corrected chi connectivity index (χ2v) is 5.19. The fraction of sp³-hybridized carbons (Fsp3) is 0.188. The van der Waals surface area contributed by atoms with Crippen LogP contribution in [0.2, 0.25) is 0 Å². The Morgan fingerprint density at radius 2 is 2.00 bits per heavy atom. The molecule has 0 atom stereocenters. The Morgan fingerprint density at radius 1 is 1.26 bits per heavy atom. The molecule has 4 N–H and O–H groups in total. The number of amides is 1. The predicted octanol–water partition coefficient (Wildman–Crippen LogP) is 2.26. The van der Waals surface area contributed by atoms with E-state index < -0.39 is 5.91 Å². The molecular weight excluding hydrogens is 292 g/mol. The minimum atomic E-state index is -0.451. The van der Waals surface area contributed by atoms with E-state index >= 15 is 0 Å². The van der Waals surface area contributed by atoms with Gasteiger partial charge in [-0.1, -0.05) is 0 Å². The van der Waals surface area contributed by atoms with E-state index in [2.05, 4.69) is 32.1 Å². The van der Waals surface area contributed by atoms with Gasteiger partial charge in [0.25, 0.3) is 0 Å². The van der Waals surface area contributed by atoms with Crippen LogP contribution in [0.25, 0.3) is 11.0 Å². The molecule has 2 aromatic heterocycles. The average molecular weight is 310 g/mol. The lowest BCUT2D eigenvalue weighted by Crippen LogP contribution is -2.18. The summed E-state index contributed by atoms with van der Waals surface area (Å²) in [6, 6.07) is 8.83. The molecule has 0 aliphatic heterocycles. The number of aromatic amines is 1. The Hall–Kier alpha value is -3.09. The molecule has 0 saturated carbocycles. The Bertz CT molecular complexity index is 839. The quantitative estimate of drug-likeness (QED) is 0.671. The van der Waals surface area contributed by atoms with Crippen LogP contribution in [0.15, 0.2) is 36.5 Å². The number of hydrogen-bond donors (Lipinski definition) is 3. The molecular formula is C16H18N6O. The van der Waals surface area contributed by atoms with Gasteiger partial charge in [-0.25, -0.2) is 0 Å². The molecule has 0 aliphatic carbocycles. The van der Waals surface area contributed by atoms with Crippen molar-refractivity contribution in [1.29, 1.82) is 0 Å². The summed E-state index contributed by atoms with van der Waals surface area (Å²) in [7, 11) is 1.99. The Morgan fingerprint density at radius 3 is 2.65 bits per heavy atom. The monoisotopic (exact) mass is 310 g/mol. The summed E-state index contributed by atoms with van der Waals surface area (Å²) in [5.74, 6) is 0.893. The van der Waals surface area contributed by atoms with Crippen LogP contribution in [0.5, 0.6) is 0 Å². The second-order valence-electron chi connectivity index (χ2n) is 5.19. The fourth-order valence-electron chi connectivity index (χ4n) is 2.27. The largest absolute Gasteiger partial charge is 0.366 e. The number of carbonyl (C=O) groups excluding carboxylic acids is 1. The number of carbonyl (C=O) groups is 1. The molecule has 2 heterocycles. The molecule has 0 unspecified atom stereocenters. The maximum atomic E-state index is 11.1. The summed E-state index contributed by atoms with van der Waals surface area (Å²) in [5.41, 5.74) is 7.26. The zero-order valence-corrected chi connectivity index (χ0v) is 13.0. The van der Waals surface area contributed by atoms with Crippen LogP contribution in [-0.2, 0) is 0 Å². The number of nitrogens with one attached hydrogen (secondary N) is 2. The van der Waals surface area contributed by atoms with Crippen molar-refractivity contribution in [3.05, 3.63) is 42.1 Å². The Kier molecular flexibility index (Phi) is 3.84. The first-order valence-corrected chi connectivity index (χ1v) is 7.31. The highest BCUT2D eigenvalue weighted by atomic mass is 16.1. The number of nitrogens with zero attached hydrogens (tertiary/aromatic N) is 3. The van der Waals surface area contributed by atoms with Crippen LogP contribution < -0.4 is 16.0 Å². The van der Waals surface area contributed by atoms with Gasteiger partial charge in [-0.3, -0.25) is 4.79 Å². The number of anilines is 3. The standard InChI is InChI=1S/C16H18N6O/c1-3-22(2)15-12-8-9-18-14(12)20-16(21-15)19-11-6-4-10(5-7-11)13(17)23/h4-9H,3H2,1-2H3,(H2,17,23)(H2,18,19,20,21). The Labute approximate surface area is 133 Å². The highest BCUT2D eigenvalue weighted by molar-refractivity contribution is 5.93. The summed E-state index contributed by atoms with van der Waals surface area (Å²) >= 11 is 0. The van der Waals surface area contributed by atoms with Gasteiger partial charge in [0.2, 0.25) is 11.9 Å². The van der Waals surface area contributed by atoms with E-state index in [1.54, 1.807) is 24.3 Å². The van der Waals surface area contributed by atoms with Crippen LogP contribution in [0.3, 0.4) is 0 Å².